The van der Waals surface area contributed by atoms with Gasteiger partial charge in [0, 0.05) is 30.3 Å². The summed E-state index contributed by atoms with van der Waals surface area (Å²) in [5.74, 6) is -0.732. The van der Waals surface area contributed by atoms with Crippen molar-refractivity contribution >= 4 is 28.7 Å². The molecule has 4 aromatic rings. The van der Waals surface area contributed by atoms with Crippen LogP contribution >= 0.6 is 0 Å². The van der Waals surface area contributed by atoms with Gasteiger partial charge in [-0.05, 0) is 67.3 Å². The molecule has 42 heavy (non-hydrogen) atoms. The first-order valence-corrected chi connectivity index (χ1v) is 13.0. The Balaban J connectivity index is 0.00000129. The number of rotatable bonds is 8. The number of carbonyl (C=O) groups is 2. The lowest BCUT2D eigenvalue weighted by atomic mass is 9.78. The van der Waals surface area contributed by atoms with Gasteiger partial charge in [-0.25, -0.2) is 17.6 Å². The summed E-state index contributed by atoms with van der Waals surface area (Å²) < 4.78 is 51.9. The molecule has 218 valence electrons. The average Bonchev–Trinajstić information content (AvgIpc) is 3.36. The van der Waals surface area contributed by atoms with Gasteiger partial charge in [-0.2, -0.15) is 10.2 Å². The summed E-state index contributed by atoms with van der Waals surface area (Å²) in [7, 11) is 1.49. The number of nitrogens with one attached hydrogen (secondary N) is 3. The molecule has 0 spiro atoms. The molecule has 0 unspecified atom stereocenters. The highest BCUT2D eigenvalue weighted by atomic mass is 19.3. The standard InChI is InChI=1S/C29H25F2N5O3.CH2F2/c1-33-27(38)23-22-15-21(18-4-2-5-19(14-18)26(37)36-29(16-32)10-3-11-29)25(34-13-12-30)35-28(22)39-24(23)17-6-8-20(31)9-7-17;2-1-3/h2,4-9,14-15H,3,10-13H2,1H3,(H,33,38)(H,34,35)(H,36,37);1H2. The summed E-state index contributed by atoms with van der Waals surface area (Å²) in [6, 6.07) is 16.2. The van der Waals surface area contributed by atoms with Gasteiger partial charge in [0.1, 0.15) is 29.6 Å². The third-order valence-corrected chi connectivity index (χ3v) is 6.84. The summed E-state index contributed by atoms with van der Waals surface area (Å²) in [6.07, 6.45) is 2.08. The number of aromatic nitrogens is 1. The number of benzene rings is 2. The summed E-state index contributed by atoms with van der Waals surface area (Å²) in [6.45, 7) is -2.43. The molecule has 0 bridgehead atoms. The molecule has 5 rings (SSSR count). The maximum Gasteiger partial charge on any atom is 0.255 e. The van der Waals surface area contributed by atoms with E-state index in [4.69, 9.17) is 4.42 Å². The monoisotopic (exact) mass is 581 g/mol. The minimum atomic E-state index is -1.75. The number of halogens is 4. The number of amides is 2. The normalized spacial score (nSPS) is 13.2. The molecule has 1 saturated carbocycles. The highest BCUT2D eigenvalue weighted by molar-refractivity contribution is 6.11. The fraction of sp³-hybridized carbons (Fsp3) is 0.267. The van der Waals surface area contributed by atoms with E-state index in [1.807, 2.05) is 0 Å². The number of pyridine rings is 1. The third-order valence-electron chi connectivity index (χ3n) is 6.84. The minimum Gasteiger partial charge on any atom is -0.437 e. The van der Waals surface area contributed by atoms with Crippen LogP contribution in [0.25, 0.3) is 33.6 Å². The molecule has 0 saturated heterocycles. The van der Waals surface area contributed by atoms with E-state index in [1.54, 1.807) is 30.3 Å². The Morgan fingerprint density at radius 3 is 2.36 bits per heavy atom. The van der Waals surface area contributed by atoms with Crippen molar-refractivity contribution in [1.82, 2.24) is 15.6 Å². The van der Waals surface area contributed by atoms with E-state index in [-0.39, 0.29) is 29.5 Å². The van der Waals surface area contributed by atoms with Crippen LogP contribution in [-0.2, 0) is 0 Å². The lowest BCUT2D eigenvalue weighted by molar-refractivity contribution is 0.0880. The summed E-state index contributed by atoms with van der Waals surface area (Å²) >= 11 is 0. The molecule has 2 amide bonds. The van der Waals surface area contributed by atoms with Crippen LogP contribution in [0.3, 0.4) is 0 Å². The number of alkyl halides is 3. The first-order chi connectivity index (χ1) is 20.3. The molecular weight excluding hydrogens is 554 g/mol. The first kappa shape index (κ1) is 30.0. The molecule has 1 fully saturated rings. The second-order valence-electron chi connectivity index (χ2n) is 9.43. The Morgan fingerprint density at radius 1 is 1.05 bits per heavy atom. The first-order valence-electron chi connectivity index (χ1n) is 13.0. The van der Waals surface area contributed by atoms with Crippen molar-refractivity contribution in [2.24, 2.45) is 0 Å². The Bertz CT molecular complexity index is 1630. The number of fused-ring (bicyclic) bond motifs is 1. The number of nitriles is 1. The van der Waals surface area contributed by atoms with E-state index in [0.29, 0.717) is 46.3 Å². The van der Waals surface area contributed by atoms with Crippen LogP contribution < -0.4 is 16.0 Å². The number of anilines is 1. The zero-order chi connectivity index (χ0) is 30.3. The van der Waals surface area contributed by atoms with Gasteiger partial charge < -0.3 is 20.4 Å². The highest BCUT2D eigenvalue weighted by Crippen LogP contribution is 2.38. The Hall–Kier alpha value is -4.92. The molecule has 2 aromatic heterocycles. The van der Waals surface area contributed by atoms with Crippen molar-refractivity contribution in [2.45, 2.75) is 24.8 Å². The van der Waals surface area contributed by atoms with Crippen molar-refractivity contribution in [1.29, 1.82) is 5.26 Å². The second kappa shape index (κ2) is 13.2. The molecule has 3 N–H and O–H groups in total. The maximum absolute atomic E-state index is 13.6. The molecular formula is C30H27F4N5O3. The fourth-order valence-electron chi connectivity index (χ4n) is 4.61. The second-order valence-corrected chi connectivity index (χ2v) is 9.43. The lowest BCUT2D eigenvalue weighted by Gasteiger charge is -2.35. The Labute approximate surface area is 238 Å². The molecule has 1 aliphatic rings. The van der Waals surface area contributed by atoms with Gasteiger partial charge in [0.05, 0.1) is 17.0 Å². The molecule has 12 heteroatoms. The van der Waals surface area contributed by atoms with Crippen LogP contribution in [0.4, 0.5) is 23.4 Å². The van der Waals surface area contributed by atoms with Gasteiger partial charge >= 0.3 is 0 Å². The summed E-state index contributed by atoms with van der Waals surface area (Å²) in [5, 5.41) is 18.3. The largest absolute Gasteiger partial charge is 0.437 e. The van der Waals surface area contributed by atoms with Gasteiger partial charge in [0.2, 0.25) is 12.6 Å². The topological polar surface area (TPSA) is 120 Å². The van der Waals surface area contributed by atoms with E-state index in [1.165, 1.54) is 31.3 Å². The number of furan rings is 1. The van der Waals surface area contributed by atoms with Crippen LogP contribution in [-0.4, -0.2) is 49.5 Å². The molecule has 0 radical (unpaired) electrons. The summed E-state index contributed by atoms with van der Waals surface area (Å²) in [4.78, 5) is 30.5. The van der Waals surface area contributed by atoms with Gasteiger partial charge in [0.25, 0.3) is 11.8 Å². The van der Waals surface area contributed by atoms with Crippen molar-refractivity contribution < 1.29 is 31.6 Å². The van der Waals surface area contributed by atoms with Crippen LogP contribution in [0.1, 0.15) is 40.0 Å². The van der Waals surface area contributed by atoms with Crippen LogP contribution in [0.15, 0.2) is 59.0 Å². The van der Waals surface area contributed by atoms with E-state index >= 15 is 0 Å². The van der Waals surface area contributed by atoms with Crippen molar-refractivity contribution in [3.63, 3.8) is 0 Å². The molecule has 1 aliphatic carbocycles. The van der Waals surface area contributed by atoms with Crippen molar-refractivity contribution in [3.05, 3.63) is 71.5 Å². The van der Waals surface area contributed by atoms with E-state index < -0.39 is 30.9 Å². The predicted octanol–water partition coefficient (Wildman–Crippen LogP) is 6.10. The lowest BCUT2D eigenvalue weighted by Crippen LogP contribution is -2.52. The molecule has 0 aliphatic heterocycles. The quantitative estimate of drug-likeness (QED) is 0.216. The Kier molecular flexibility index (Phi) is 9.42. The summed E-state index contributed by atoms with van der Waals surface area (Å²) in [5.41, 5.74) is 1.42. The fourth-order valence-corrected chi connectivity index (χ4v) is 4.61. The van der Waals surface area contributed by atoms with Crippen molar-refractivity contribution in [3.8, 4) is 28.5 Å². The maximum atomic E-state index is 13.6. The SMILES string of the molecule is CNC(=O)c1c(-c2ccc(F)cc2)oc2nc(NCCF)c(-c3cccc(C(=O)NC4(C#N)CCC4)c3)cc12.FCF. The van der Waals surface area contributed by atoms with E-state index in [2.05, 4.69) is 27.0 Å². The molecule has 2 aromatic carbocycles. The van der Waals surface area contributed by atoms with Gasteiger partial charge in [-0.15, -0.1) is 0 Å². The van der Waals surface area contributed by atoms with Gasteiger partial charge in [-0.3, -0.25) is 9.59 Å². The molecule has 8 nitrogen and oxygen atoms in total. The third kappa shape index (κ3) is 6.20. The van der Waals surface area contributed by atoms with Crippen LogP contribution in [0.5, 0.6) is 0 Å². The zero-order valence-corrected chi connectivity index (χ0v) is 22.6. The minimum absolute atomic E-state index is 0.0236. The number of carbonyl (C=O) groups excluding carboxylic acids is 2. The van der Waals surface area contributed by atoms with Gasteiger partial charge in [-0.1, -0.05) is 12.1 Å². The molecule has 2 heterocycles. The van der Waals surface area contributed by atoms with Gasteiger partial charge in [0.15, 0.2) is 0 Å². The zero-order valence-electron chi connectivity index (χ0n) is 22.6. The van der Waals surface area contributed by atoms with Crippen LogP contribution in [0.2, 0.25) is 0 Å². The molecule has 0 atom stereocenters. The number of hydrogen-bond acceptors (Lipinski definition) is 6. The Morgan fingerprint density at radius 2 is 1.76 bits per heavy atom. The number of nitrogens with zero attached hydrogens (tertiary/aromatic N) is 2. The van der Waals surface area contributed by atoms with E-state index in [0.717, 1.165) is 6.42 Å². The number of hydrogen-bond donors (Lipinski definition) is 3. The van der Waals surface area contributed by atoms with Crippen molar-refractivity contribution in [2.75, 3.05) is 32.5 Å². The highest BCUT2D eigenvalue weighted by Gasteiger charge is 2.38. The van der Waals surface area contributed by atoms with Crippen LogP contribution in [0, 0.1) is 17.1 Å². The average molecular weight is 582 g/mol. The smallest absolute Gasteiger partial charge is 0.255 e. The van der Waals surface area contributed by atoms with E-state index in [9.17, 15) is 32.4 Å². The predicted molar refractivity (Wildman–Crippen MR) is 149 cm³/mol.